The fourth-order valence-electron chi connectivity index (χ4n) is 2.13. The highest BCUT2D eigenvalue weighted by Gasteiger charge is 2.34. The van der Waals surface area contributed by atoms with Gasteiger partial charge in [-0.3, -0.25) is 0 Å². The van der Waals surface area contributed by atoms with E-state index in [1.807, 2.05) is 20.8 Å². The SMILES string of the molecule is CCCCC(NC(C)C)c1ccc(C(F)(F)F)c(F)c1. The van der Waals surface area contributed by atoms with Gasteiger partial charge in [-0.05, 0) is 24.1 Å². The van der Waals surface area contributed by atoms with Crippen LogP contribution in [0.5, 0.6) is 0 Å². The van der Waals surface area contributed by atoms with Gasteiger partial charge in [0.1, 0.15) is 5.82 Å². The van der Waals surface area contributed by atoms with Crippen molar-refractivity contribution >= 4 is 0 Å². The molecule has 0 aromatic heterocycles. The maximum atomic E-state index is 13.6. The van der Waals surface area contributed by atoms with Gasteiger partial charge in [0.15, 0.2) is 0 Å². The first-order valence-corrected chi connectivity index (χ1v) is 6.88. The predicted octanol–water partition coefficient (Wildman–Crippen LogP) is 5.07. The fourth-order valence-corrected chi connectivity index (χ4v) is 2.13. The number of hydrogen-bond acceptors (Lipinski definition) is 1. The topological polar surface area (TPSA) is 12.0 Å². The average Bonchev–Trinajstić information content (AvgIpc) is 2.32. The molecule has 0 aliphatic heterocycles. The minimum atomic E-state index is -4.65. The van der Waals surface area contributed by atoms with Crippen LogP contribution >= 0.6 is 0 Å². The van der Waals surface area contributed by atoms with Gasteiger partial charge < -0.3 is 5.32 Å². The largest absolute Gasteiger partial charge is 0.419 e. The first kappa shape index (κ1) is 17.0. The molecular formula is C15H21F4N. The lowest BCUT2D eigenvalue weighted by Gasteiger charge is -2.22. The van der Waals surface area contributed by atoms with E-state index in [9.17, 15) is 17.6 Å². The van der Waals surface area contributed by atoms with Crippen molar-refractivity contribution in [3.63, 3.8) is 0 Å². The van der Waals surface area contributed by atoms with Crippen molar-refractivity contribution in [3.8, 4) is 0 Å². The molecule has 114 valence electrons. The molecule has 0 bridgehead atoms. The normalized spacial score (nSPS) is 13.8. The summed E-state index contributed by atoms with van der Waals surface area (Å²) < 4.78 is 51.2. The molecule has 1 aromatic carbocycles. The molecule has 0 spiro atoms. The second kappa shape index (κ2) is 7.07. The first-order chi connectivity index (χ1) is 9.25. The molecule has 0 amide bonds. The van der Waals surface area contributed by atoms with E-state index in [1.54, 1.807) is 0 Å². The molecule has 1 atom stereocenters. The third-order valence-corrected chi connectivity index (χ3v) is 3.08. The zero-order valence-electron chi connectivity index (χ0n) is 12.0. The van der Waals surface area contributed by atoms with E-state index in [0.717, 1.165) is 31.4 Å². The van der Waals surface area contributed by atoms with E-state index >= 15 is 0 Å². The minimum absolute atomic E-state index is 0.119. The highest BCUT2D eigenvalue weighted by Crippen LogP contribution is 2.33. The molecular weight excluding hydrogens is 270 g/mol. The van der Waals surface area contributed by atoms with Gasteiger partial charge in [0.25, 0.3) is 0 Å². The molecule has 1 unspecified atom stereocenters. The standard InChI is InChI=1S/C15H21F4N/c1-4-5-6-14(20-10(2)3)11-7-8-12(13(16)9-11)15(17,18)19/h7-10,14,20H,4-6H2,1-3H3. The predicted molar refractivity (Wildman–Crippen MR) is 71.9 cm³/mol. The van der Waals surface area contributed by atoms with Crippen LogP contribution in [0.4, 0.5) is 17.6 Å². The van der Waals surface area contributed by atoms with E-state index in [0.29, 0.717) is 5.56 Å². The third kappa shape index (κ3) is 4.78. The Kier molecular flexibility index (Phi) is 5.99. The van der Waals surface area contributed by atoms with Crippen LogP contribution in [0.2, 0.25) is 0 Å². The fraction of sp³-hybridized carbons (Fsp3) is 0.600. The molecule has 0 aliphatic carbocycles. The minimum Gasteiger partial charge on any atom is -0.308 e. The first-order valence-electron chi connectivity index (χ1n) is 6.88. The number of unbranched alkanes of at least 4 members (excludes halogenated alkanes) is 1. The van der Waals surface area contributed by atoms with E-state index in [-0.39, 0.29) is 12.1 Å². The van der Waals surface area contributed by atoms with Crippen LogP contribution in [-0.2, 0) is 6.18 Å². The van der Waals surface area contributed by atoms with Crippen molar-refractivity contribution < 1.29 is 17.6 Å². The van der Waals surface area contributed by atoms with Crippen LogP contribution in [0.3, 0.4) is 0 Å². The van der Waals surface area contributed by atoms with Crippen LogP contribution < -0.4 is 5.32 Å². The molecule has 0 radical (unpaired) electrons. The Balaban J connectivity index is 2.99. The van der Waals surface area contributed by atoms with Crippen LogP contribution in [0.15, 0.2) is 18.2 Å². The maximum Gasteiger partial charge on any atom is 0.419 e. The lowest BCUT2D eigenvalue weighted by Crippen LogP contribution is -2.28. The molecule has 1 rings (SSSR count). The summed E-state index contributed by atoms with van der Waals surface area (Å²) in [4.78, 5) is 0. The van der Waals surface area contributed by atoms with Crippen molar-refractivity contribution in [3.05, 3.63) is 35.1 Å². The summed E-state index contributed by atoms with van der Waals surface area (Å²) in [5.41, 5.74) is -0.641. The van der Waals surface area contributed by atoms with Crippen molar-refractivity contribution in [2.45, 2.75) is 58.3 Å². The summed E-state index contributed by atoms with van der Waals surface area (Å²) in [6.07, 6.45) is -1.95. The van der Waals surface area contributed by atoms with Gasteiger partial charge in [-0.25, -0.2) is 4.39 Å². The van der Waals surface area contributed by atoms with Crippen LogP contribution in [0.1, 0.15) is 57.2 Å². The molecule has 0 heterocycles. The summed E-state index contributed by atoms with van der Waals surface area (Å²) in [6.45, 7) is 5.96. The number of alkyl halides is 3. The Hall–Kier alpha value is -1.10. The Morgan fingerprint density at radius 1 is 1.20 bits per heavy atom. The van der Waals surface area contributed by atoms with Crippen molar-refractivity contribution in [1.29, 1.82) is 0 Å². The molecule has 20 heavy (non-hydrogen) atoms. The van der Waals surface area contributed by atoms with Gasteiger partial charge in [0.2, 0.25) is 0 Å². The molecule has 0 saturated heterocycles. The van der Waals surface area contributed by atoms with Gasteiger partial charge in [-0.15, -0.1) is 0 Å². The van der Waals surface area contributed by atoms with Crippen molar-refractivity contribution in [2.24, 2.45) is 0 Å². The molecule has 1 nitrogen and oxygen atoms in total. The zero-order valence-corrected chi connectivity index (χ0v) is 12.0. The quantitative estimate of drug-likeness (QED) is 0.721. The summed E-state index contributed by atoms with van der Waals surface area (Å²) in [7, 11) is 0. The van der Waals surface area contributed by atoms with E-state index in [2.05, 4.69) is 5.32 Å². The van der Waals surface area contributed by atoms with Crippen molar-refractivity contribution in [1.82, 2.24) is 5.32 Å². The number of nitrogens with one attached hydrogen (secondary N) is 1. The highest BCUT2D eigenvalue weighted by molar-refractivity contribution is 5.28. The number of hydrogen-bond donors (Lipinski definition) is 1. The highest BCUT2D eigenvalue weighted by atomic mass is 19.4. The molecule has 0 saturated carbocycles. The van der Waals surface area contributed by atoms with Gasteiger partial charge in [-0.2, -0.15) is 13.2 Å². The summed E-state index contributed by atoms with van der Waals surface area (Å²) >= 11 is 0. The summed E-state index contributed by atoms with van der Waals surface area (Å²) in [5, 5.41) is 3.27. The van der Waals surface area contributed by atoms with E-state index in [1.165, 1.54) is 6.07 Å². The van der Waals surface area contributed by atoms with Crippen molar-refractivity contribution in [2.75, 3.05) is 0 Å². The smallest absolute Gasteiger partial charge is 0.308 e. The summed E-state index contributed by atoms with van der Waals surface area (Å²) in [5.74, 6) is -1.21. The number of rotatable bonds is 6. The second-order valence-electron chi connectivity index (χ2n) is 5.25. The third-order valence-electron chi connectivity index (χ3n) is 3.08. The Labute approximate surface area is 117 Å². The Morgan fingerprint density at radius 3 is 2.30 bits per heavy atom. The van der Waals surface area contributed by atoms with Crippen LogP contribution in [0.25, 0.3) is 0 Å². The van der Waals surface area contributed by atoms with Gasteiger partial charge in [0, 0.05) is 12.1 Å². The van der Waals surface area contributed by atoms with Gasteiger partial charge in [0.05, 0.1) is 5.56 Å². The Morgan fingerprint density at radius 2 is 1.85 bits per heavy atom. The molecule has 5 heteroatoms. The van der Waals surface area contributed by atoms with E-state index < -0.39 is 17.6 Å². The van der Waals surface area contributed by atoms with E-state index in [4.69, 9.17) is 0 Å². The monoisotopic (exact) mass is 291 g/mol. The number of benzene rings is 1. The van der Waals surface area contributed by atoms with Gasteiger partial charge >= 0.3 is 6.18 Å². The molecule has 1 aromatic rings. The Bertz CT molecular complexity index is 426. The molecule has 0 fully saturated rings. The molecule has 1 N–H and O–H groups in total. The zero-order chi connectivity index (χ0) is 15.3. The number of halogens is 4. The average molecular weight is 291 g/mol. The second-order valence-corrected chi connectivity index (χ2v) is 5.25. The van der Waals surface area contributed by atoms with Crippen LogP contribution in [0, 0.1) is 5.82 Å². The van der Waals surface area contributed by atoms with Gasteiger partial charge in [-0.1, -0.05) is 39.7 Å². The summed E-state index contributed by atoms with van der Waals surface area (Å²) in [6, 6.07) is 3.25. The van der Waals surface area contributed by atoms with Crippen LogP contribution in [-0.4, -0.2) is 6.04 Å². The molecule has 0 aliphatic rings. The lowest BCUT2D eigenvalue weighted by atomic mass is 9.98. The maximum absolute atomic E-state index is 13.6. The lowest BCUT2D eigenvalue weighted by molar-refractivity contribution is -0.140.